The first-order valence-corrected chi connectivity index (χ1v) is 15.0. The molecular weight excluding hydrogens is 594 g/mol. The van der Waals surface area contributed by atoms with Crippen molar-refractivity contribution < 1.29 is 19.1 Å². The standard InChI is InChI=1S/C31H34BrNO4S2/c1-18-10-8-11-19(2)26(18)38-28(34)24(29(35)39-27-20(3)12-9-13-21(27)4)25(22-14-16-23(32)17-15-22)33-30(36)37-31(5,6)7/h8-17,24-25H,1-7H3,(H,33,36)/t25-/m0/s1. The van der Waals surface area contributed by atoms with E-state index in [4.69, 9.17) is 4.74 Å². The molecule has 0 aliphatic heterocycles. The highest BCUT2D eigenvalue weighted by atomic mass is 79.9. The number of benzene rings is 3. The van der Waals surface area contributed by atoms with Gasteiger partial charge in [0.2, 0.25) is 10.2 Å². The highest BCUT2D eigenvalue weighted by Gasteiger charge is 2.39. The molecule has 1 N–H and O–H groups in total. The highest BCUT2D eigenvalue weighted by molar-refractivity contribution is 9.10. The molecule has 0 aliphatic carbocycles. The lowest BCUT2D eigenvalue weighted by Crippen LogP contribution is -2.41. The maximum Gasteiger partial charge on any atom is 0.408 e. The number of ether oxygens (including phenoxy) is 1. The zero-order valence-corrected chi connectivity index (χ0v) is 26.5. The van der Waals surface area contributed by atoms with Crippen molar-refractivity contribution in [3.8, 4) is 0 Å². The minimum absolute atomic E-state index is 0.347. The molecular formula is C31H34BrNO4S2. The molecule has 3 aromatic rings. The quantitative estimate of drug-likeness (QED) is 0.209. The highest BCUT2D eigenvalue weighted by Crippen LogP contribution is 2.39. The van der Waals surface area contributed by atoms with Crippen LogP contribution in [0.15, 0.2) is 74.9 Å². The number of thioether (sulfide) groups is 2. The number of alkyl carbamates (subject to hydrolysis) is 1. The normalized spacial score (nSPS) is 12.2. The lowest BCUT2D eigenvalue weighted by atomic mass is 9.95. The Labute approximate surface area is 248 Å². The fourth-order valence-electron chi connectivity index (χ4n) is 4.08. The number of halogens is 1. The van der Waals surface area contributed by atoms with Crippen LogP contribution < -0.4 is 5.32 Å². The van der Waals surface area contributed by atoms with Crippen molar-refractivity contribution >= 4 is 55.8 Å². The molecule has 0 saturated heterocycles. The predicted octanol–water partition coefficient (Wildman–Crippen LogP) is 8.50. The summed E-state index contributed by atoms with van der Waals surface area (Å²) in [7, 11) is 0. The van der Waals surface area contributed by atoms with E-state index < -0.39 is 23.7 Å². The third-order valence-corrected chi connectivity index (χ3v) is 9.10. The van der Waals surface area contributed by atoms with E-state index in [0.29, 0.717) is 5.56 Å². The number of hydrogen-bond donors (Lipinski definition) is 1. The van der Waals surface area contributed by atoms with Crippen molar-refractivity contribution in [3.63, 3.8) is 0 Å². The molecule has 1 atom stereocenters. The minimum Gasteiger partial charge on any atom is -0.444 e. The summed E-state index contributed by atoms with van der Waals surface area (Å²) in [5.74, 6) is -1.19. The molecule has 0 heterocycles. The molecule has 0 saturated carbocycles. The van der Waals surface area contributed by atoms with Crippen LogP contribution >= 0.6 is 39.5 Å². The van der Waals surface area contributed by atoms with Gasteiger partial charge in [0.1, 0.15) is 11.5 Å². The Morgan fingerprint density at radius 1 is 0.744 bits per heavy atom. The smallest absolute Gasteiger partial charge is 0.408 e. The van der Waals surface area contributed by atoms with Gasteiger partial charge in [0.05, 0.1) is 6.04 Å². The van der Waals surface area contributed by atoms with Gasteiger partial charge in [0.15, 0.2) is 0 Å². The summed E-state index contributed by atoms with van der Waals surface area (Å²) in [6, 6.07) is 17.9. The van der Waals surface area contributed by atoms with E-state index in [1.165, 1.54) is 0 Å². The van der Waals surface area contributed by atoms with E-state index in [1.54, 1.807) is 32.9 Å². The zero-order chi connectivity index (χ0) is 28.9. The monoisotopic (exact) mass is 627 g/mol. The van der Waals surface area contributed by atoms with Gasteiger partial charge >= 0.3 is 6.09 Å². The summed E-state index contributed by atoms with van der Waals surface area (Å²) in [6.45, 7) is 13.1. The van der Waals surface area contributed by atoms with Crippen LogP contribution in [0.1, 0.15) is 54.6 Å². The summed E-state index contributed by atoms with van der Waals surface area (Å²) in [6.07, 6.45) is -0.699. The Balaban J connectivity index is 2.11. The second-order valence-corrected chi connectivity index (χ2v) is 13.4. The van der Waals surface area contributed by atoms with E-state index >= 15 is 0 Å². The van der Waals surface area contributed by atoms with Crippen LogP contribution in [-0.4, -0.2) is 21.9 Å². The van der Waals surface area contributed by atoms with Crippen molar-refractivity contribution in [2.24, 2.45) is 5.92 Å². The van der Waals surface area contributed by atoms with Gasteiger partial charge in [-0.15, -0.1) is 0 Å². The summed E-state index contributed by atoms with van der Waals surface area (Å²) >= 11 is 5.53. The largest absolute Gasteiger partial charge is 0.444 e. The van der Waals surface area contributed by atoms with E-state index in [9.17, 15) is 14.4 Å². The SMILES string of the molecule is Cc1cccc(C)c1SC(=O)C(C(=O)Sc1c(C)cccc1C)[C@@H](NC(=O)OC(C)(C)C)c1ccc(Br)cc1. The van der Waals surface area contributed by atoms with Crippen LogP contribution in [0, 0.1) is 33.6 Å². The van der Waals surface area contributed by atoms with Crippen molar-refractivity contribution in [2.75, 3.05) is 0 Å². The summed E-state index contributed by atoms with van der Waals surface area (Å²) in [5.41, 5.74) is 3.66. The number of carbonyl (C=O) groups excluding carboxylic acids is 3. The summed E-state index contributed by atoms with van der Waals surface area (Å²) < 4.78 is 6.38. The van der Waals surface area contributed by atoms with Crippen LogP contribution in [0.4, 0.5) is 4.79 Å². The zero-order valence-electron chi connectivity index (χ0n) is 23.3. The van der Waals surface area contributed by atoms with Crippen molar-refractivity contribution in [2.45, 2.75) is 69.9 Å². The number of amides is 1. The predicted molar refractivity (Wildman–Crippen MR) is 163 cm³/mol. The van der Waals surface area contributed by atoms with Crippen molar-refractivity contribution in [1.82, 2.24) is 5.32 Å². The lowest BCUT2D eigenvalue weighted by Gasteiger charge is -2.28. The molecule has 1 amide bonds. The Bertz CT molecular complexity index is 1260. The van der Waals surface area contributed by atoms with Gasteiger partial charge in [-0.2, -0.15) is 0 Å². The van der Waals surface area contributed by atoms with Crippen LogP contribution in [-0.2, 0) is 14.3 Å². The molecule has 0 aliphatic rings. The molecule has 0 aromatic heterocycles. The average Bonchev–Trinajstić information content (AvgIpc) is 2.83. The Morgan fingerprint density at radius 3 is 1.54 bits per heavy atom. The fourth-order valence-corrected chi connectivity index (χ4v) is 6.48. The van der Waals surface area contributed by atoms with Crippen molar-refractivity contribution in [3.05, 3.63) is 93.0 Å². The molecule has 0 radical (unpaired) electrons. The first-order chi connectivity index (χ1) is 18.3. The third-order valence-electron chi connectivity index (χ3n) is 5.97. The van der Waals surface area contributed by atoms with Crippen LogP contribution in [0.5, 0.6) is 0 Å². The third kappa shape index (κ3) is 8.47. The van der Waals surface area contributed by atoms with E-state index in [-0.39, 0.29) is 10.2 Å². The topological polar surface area (TPSA) is 72.5 Å². The lowest BCUT2D eigenvalue weighted by molar-refractivity contribution is -0.124. The van der Waals surface area contributed by atoms with Crippen LogP contribution in [0.25, 0.3) is 0 Å². The van der Waals surface area contributed by atoms with Crippen molar-refractivity contribution in [1.29, 1.82) is 0 Å². The number of nitrogens with one attached hydrogen (secondary N) is 1. The van der Waals surface area contributed by atoms with Crippen LogP contribution in [0.2, 0.25) is 0 Å². The first-order valence-electron chi connectivity index (χ1n) is 12.6. The van der Waals surface area contributed by atoms with Gasteiger partial charge in [0.25, 0.3) is 0 Å². The minimum atomic E-state index is -1.19. The second-order valence-electron chi connectivity index (χ2n) is 10.4. The number of rotatable bonds is 7. The van der Waals surface area contributed by atoms with Gasteiger partial charge < -0.3 is 10.1 Å². The molecule has 206 valence electrons. The van der Waals surface area contributed by atoms with Crippen LogP contribution in [0.3, 0.4) is 0 Å². The number of hydrogen-bond acceptors (Lipinski definition) is 6. The molecule has 3 aromatic carbocycles. The maximum atomic E-state index is 14.1. The van der Waals surface area contributed by atoms with Gasteiger partial charge in [-0.1, -0.05) is 88.0 Å². The molecule has 39 heavy (non-hydrogen) atoms. The number of aryl methyl sites for hydroxylation is 4. The number of carbonyl (C=O) groups is 3. The van der Waals surface area contributed by atoms with Gasteiger partial charge in [-0.05, 0) is 88.4 Å². The fraction of sp³-hybridized carbons (Fsp3) is 0.323. The van der Waals surface area contributed by atoms with Gasteiger partial charge in [-0.25, -0.2) is 4.79 Å². The van der Waals surface area contributed by atoms with E-state index in [2.05, 4.69) is 21.2 Å². The Hall–Kier alpha value is -2.55. The molecule has 8 heteroatoms. The molecule has 0 spiro atoms. The molecule has 0 bridgehead atoms. The molecule has 0 fully saturated rings. The van der Waals surface area contributed by atoms with Gasteiger partial charge in [-0.3, -0.25) is 9.59 Å². The second kappa shape index (κ2) is 13.2. The van der Waals surface area contributed by atoms with E-state index in [0.717, 1.165) is 60.0 Å². The molecule has 0 unspecified atom stereocenters. The Morgan fingerprint density at radius 2 is 1.15 bits per heavy atom. The van der Waals surface area contributed by atoms with E-state index in [1.807, 2.05) is 76.2 Å². The maximum absolute atomic E-state index is 14.1. The summed E-state index contributed by atoms with van der Waals surface area (Å²) in [4.78, 5) is 42.8. The molecule has 5 nitrogen and oxygen atoms in total. The average molecular weight is 629 g/mol. The van der Waals surface area contributed by atoms with Gasteiger partial charge in [0, 0.05) is 14.3 Å². The Kier molecular flexibility index (Phi) is 10.5. The first kappa shape index (κ1) is 31.0. The summed E-state index contributed by atoms with van der Waals surface area (Å²) in [5, 5.41) is 2.16. The molecule has 3 rings (SSSR count).